The molecule has 3 aliphatic rings. The van der Waals surface area contributed by atoms with Crippen LogP contribution in [0.5, 0.6) is 0 Å². The van der Waals surface area contributed by atoms with Crippen molar-refractivity contribution in [2.45, 2.75) is 82.3 Å². The number of amidine groups is 1. The Hall–Kier alpha value is -1.55. The van der Waals surface area contributed by atoms with Crippen LogP contribution in [0.2, 0.25) is 0 Å². The summed E-state index contributed by atoms with van der Waals surface area (Å²) in [5.74, 6) is 2.14. The first kappa shape index (κ1) is 27.5. The Morgan fingerprint density at radius 3 is 2.78 bits per heavy atom. The van der Waals surface area contributed by atoms with Crippen LogP contribution in [0.25, 0.3) is 0 Å². The van der Waals surface area contributed by atoms with E-state index in [0.29, 0.717) is 42.6 Å². The summed E-state index contributed by atoms with van der Waals surface area (Å²) in [6, 6.07) is 4.42. The normalized spacial score (nSPS) is 29.3. The zero-order chi connectivity index (χ0) is 25.8. The third-order valence-corrected chi connectivity index (χ3v) is 10.3. The van der Waals surface area contributed by atoms with E-state index in [1.165, 1.54) is 21.7 Å². The van der Waals surface area contributed by atoms with Gasteiger partial charge in [-0.2, -0.15) is 0 Å². The van der Waals surface area contributed by atoms with E-state index in [9.17, 15) is 13.6 Å². The quantitative estimate of drug-likeness (QED) is 0.379. The topological polar surface area (TPSA) is 120 Å². The SMILES string of the molecule is CCc1cc2c(cc1SC1CC(CCCNS(=O)[O-])C(C)C3=NCN=C(N)C3CCC1C)C(=O)CC2. The van der Waals surface area contributed by atoms with E-state index in [-0.39, 0.29) is 17.6 Å². The number of hydrogen-bond donors (Lipinski definition) is 2. The molecule has 0 spiro atoms. The number of nitrogens with one attached hydrogen (secondary N) is 1. The average molecular weight is 532 g/mol. The summed E-state index contributed by atoms with van der Waals surface area (Å²) in [5.41, 5.74) is 11.0. The number of rotatable bonds is 8. The van der Waals surface area contributed by atoms with E-state index in [4.69, 9.17) is 10.7 Å². The number of nitrogens with two attached hydrogens (primary N) is 1. The lowest BCUT2D eigenvalue weighted by Crippen LogP contribution is -2.39. The lowest BCUT2D eigenvalue weighted by atomic mass is 9.78. The smallest absolute Gasteiger partial charge is 0.163 e. The lowest BCUT2D eigenvalue weighted by molar-refractivity contribution is 0.0994. The van der Waals surface area contributed by atoms with Crippen molar-refractivity contribution in [2.75, 3.05) is 13.2 Å². The largest absolute Gasteiger partial charge is 0.760 e. The zero-order valence-electron chi connectivity index (χ0n) is 21.6. The zero-order valence-corrected chi connectivity index (χ0v) is 23.3. The molecule has 198 valence electrons. The van der Waals surface area contributed by atoms with Crippen LogP contribution in [0.3, 0.4) is 0 Å². The molecule has 4 rings (SSSR count). The van der Waals surface area contributed by atoms with Crippen molar-refractivity contribution in [1.82, 2.24) is 4.72 Å². The Kier molecular flexibility index (Phi) is 9.41. The molecule has 1 aliphatic heterocycles. The molecule has 0 amide bonds. The van der Waals surface area contributed by atoms with Gasteiger partial charge in [-0.05, 0) is 79.9 Å². The number of hydrogen-bond acceptors (Lipinski definition) is 7. The number of ketones is 1. The second-order valence-electron chi connectivity index (χ2n) is 10.5. The van der Waals surface area contributed by atoms with Crippen LogP contribution in [-0.2, 0) is 24.1 Å². The van der Waals surface area contributed by atoms with Crippen molar-refractivity contribution in [1.29, 1.82) is 0 Å². The molecule has 3 N–H and O–H groups in total. The van der Waals surface area contributed by atoms with Gasteiger partial charge in [0.15, 0.2) is 5.78 Å². The molecule has 6 atom stereocenters. The number of aryl methyl sites for hydroxylation is 2. The molecule has 0 aromatic heterocycles. The van der Waals surface area contributed by atoms with Gasteiger partial charge in [0.25, 0.3) is 0 Å². The highest BCUT2D eigenvalue weighted by atomic mass is 32.2. The van der Waals surface area contributed by atoms with Crippen molar-refractivity contribution < 1.29 is 13.6 Å². The maximum atomic E-state index is 12.5. The number of carbonyl (C=O) groups excluding carboxylic acids is 1. The fourth-order valence-corrected chi connectivity index (χ4v) is 7.93. The van der Waals surface area contributed by atoms with Gasteiger partial charge in [0.1, 0.15) is 12.5 Å². The standard InChI is InChI=1S/C27H40N4O3S2/c1-4-18-12-20-8-10-23(32)22(20)14-25(18)35-24-13-19(6-5-11-31-36(33)34)17(3)26-21(9-7-16(24)2)27(28)30-15-29-26/h12,14,16-17,19,21,24,31H,4-11,13,15H2,1-3H3,(H2,28,30)(H,33,34)/p-1. The number of nitrogens with zero attached hydrogens (tertiary/aromatic N) is 2. The van der Waals surface area contributed by atoms with Crippen LogP contribution in [0.1, 0.15) is 80.8 Å². The van der Waals surface area contributed by atoms with E-state index in [1.54, 1.807) is 0 Å². The molecule has 0 radical (unpaired) electrons. The Morgan fingerprint density at radius 2 is 2.03 bits per heavy atom. The van der Waals surface area contributed by atoms with Gasteiger partial charge in [0.2, 0.25) is 0 Å². The van der Waals surface area contributed by atoms with Crippen LogP contribution in [0, 0.1) is 23.7 Å². The second-order valence-corrected chi connectivity index (χ2v) is 12.6. The fourth-order valence-electron chi connectivity index (χ4n) is 6.05. The summed E-state index contributed by atoms with van der Waals surface area (Å²) < 4.78 is 24.4. The van der Waals surface area contributed by atoms with Gasteiger partial charge in [0.05, 0.1) is 5.92 Å². The van der Waals surface area contributed by atoms with Crippen molar-refractivity contribution in [3.63, 3.8) is 0 Å². The monoisotopic (exact) mass is 531 g/mol. The summed E-state index contributed by atoms with van der Waals surface area (Å²) in [6.45, 7) is 7.64. The summed E-state index contributed by atoms with van der Waals surface area (Å²) in [7, 11) is 0. The number of thioether (sulfide) groups is 1. The first-order chi connectivity index (χ1) is 17.3. The molecular formula is C27H39N4O3S2-. The number of carbonyl (C=O) groups is 1. The number of Topliss-reactive ketones (excluding diaryl/α,β-unsaturated/α-hetero) is 1. The number of aliphatic imine (C=N–C) groups is 2. The molecule has 1 aromatic rings. The van der Waals surface area contributed by atoms with E-state index < -0.39 is 11.3 Å². The van der Waals surface area contributed by atoms with E-state index >= 15 is 0 Å². The Labute approximate surface area is 222 Å². The first-order valence-electron chi connectivity index (χ1n) is 13.3. The maximum Gasteiger partial charge on any atom is 0.163 e. The average Bonchev–Trinajstić information content (AvgIpc) is 3.23. The van der Waals surface area contributed by atoms with Crippen molar-refractivity contribution in [3.05, 3.63) is 28.8 Å². The summed E-state index contributed by atoms with van der Waals surface area (Å²) in [6.07, 6.45) is 7.15. The van der Waals surface area contributed by atoms with Crippen LogP contribution >= 0.6 is 11.8 Å². The molecule has 6 unspecified atom stereocenters. The number of benzene rings is 1. The highest BCUT2D eigenvalue weighted by Crippen LogP contribution is 2.43. The van der Waals surface area contributed by atoms with Crippen LogP contribution < -0.4 is 10.5 Å². The molecule has 9 heteroatoms. The molecule has 2 aliphatic carbocycles. The predicted molar refractivity (Wildman–Crippen MR) is 147 cm³/mol. The molecule has 7 nitrogen and oxygen atoms in total. The summed E-state index contributed by atoms with van der Waals surface area (Å²) >= 11 is -0.295. The third-order valence-electron chi connectivity index (χ3n) is 8.31. The van der Waals surface area contributed by atoms with Gasteiger partial charge in [-0.25, -0.2) is 9.71 Å². The molecular weight excluding hydrogens is 492 g/mol. The minimum absolute atomic E-state index is 0.0959. The van der Waals surface area contributed by atoms with Gasteiger partial charge < -0.3 is 10.3 Å². The minimum Gasteiger partial charge on any atom is -0.760 e. The second kappa shape index (κ2) is 12.3. The van der Waals surface area contributed by atoms with Crippen molar-refractivity contribution >= 4 is 40.4 Å². The van der Waals surface area contributed by atoms with E-state index in [0.717, 1.165) is 50.5 Å². The number of fused-ring (bicyclic) bond motifs is 2. The van der Waals surface area contributed by atoms with Crippen LogP contribution in [0.15, 0.2) is 27.0 Å². The molecule has 1 aromatic carbocycles. The molecule has 36 heavy (non-hydrogen) atoms. The maximum absolute atomic E-state index is 12.5. The Balaban J connectivity index is 1.61. The first-order valence-corrected chi connectivity index (χ1v) is 15.3. The van der Waals surface area contributed by atoms with Crippen molar-refractivity contribution in [2.24, 2.45) is 39.4 Å². The molecule has 0 bridgehead atoms. The fraction of sp³-hybridized carbons (Fsp3) is 0.667. The molecule has 1 fully saturated rings. The highest BCUT2D eigenvalue weighted by molar-refractivity contribution is 8.00. The Bertz CT molecular complexity index is 1060. The highest BCUT2D eigenvalue weighted by Gasteiger charge is 2.36. The van der Waals surface area contributed by atoms with Crippen LogP contribution in [-0.4, -0.2) is 44.6 Å². The third kappa shape index (κ3) is 6.29. The molecule has 0 saturated heterocycles. The van der Waals surface area contributed by atoms with Crippen LogP contribution in [0.4, 0.5) is 0 Å². The Morgan fingerprint density at radius 1 is 1.22 bits per heavy atom. The van der Waals surface area contributed by atoms with E-state index in [1.807, 2.05) is 11.8 Å². The van der Waals surface area contributed by atoms with Gasteiger partial charge in [0, 0.05) is 45.7 Å². The predicted octanol–water partition coefficient (Wildman–Crippen LogP) is 4.46. The summed E-state index contributed by atoms with van der Waals surface area (Å²) in [5, 5.41) is 0.387. The minimum atomic E-state index is -2.23. The summed E-state index contributed by atoms with van der Waals surface area (Å²) in [4.78, 5) is 23.0. The van der Waals surface area contributed by atoms with Gasteiger partial charge in [-0.3, -0.25) is 14.0 Å². The van der Waals surface area contributed by atoms with Gasteiger partial charge >= 0.3 is 0 Å². The molecule has 1 saturated carbocycles. The van der Waals surface area contributed by atoms with Crippen molar-refractivity contribution in [3.8, 4) is 0 Å². The van der Waals surface area contributed by atoms with Gasteiger partial charge in [-0.1, -0.05) is 26.8 Å². The lowest BCUT2D eigenvalue weighted by Gasteiger charge is -2.32. The van der Waals surface area contributed by atoms with E-state index in [2.05, 4.69) is 42.6 Å². The molecule has 1 heterocycles. The van der Waals surface area contributed by atoms with Gasteiger partial charge in [-0.15, -0.1) is 11.8 Å².